The van der Waals surface area contributed by atoms with E-state index >= 15 is 0 Å². The Morgan fingerprint density at radius 3 is 2.71 bits per heavy atom. The lowest BCUT2D eigenvalue weighted by Gasteiger charge is -2.10. The number of anilines is 1. The Labute approximate surface area is 134 Å². The lowest BCUT2D eigenvalue weighted by molar-refractivity contribution is 0.0698. The maximum atomic E-state index is 11.9. The molecule has 0 aliphatic carbocycles. The molecule has 21 heavy (non-hydrogen) atoms. The Bertz CT molecular complexity index is 685. The number of benzene rings is 1. The maximum Gasteiger partial charge on any atom is 0.337 e. The minimum absolute atomic E-state index is 0.0336. The van der Waals surface area contributed by atoms with E-state index < -0.39 is 12.0 Å². The SMILES string of the molecule is Cc1cscc1CNC(=O)Nc1ccc(Br)cc1C(=O)O. The fourth-order valence-corrected chi connectivity index (χ4v) is 2.93. The second kappa shape index (κ2) is 6.73. The largest absolute Gasteiger partial charge is 0.478 e. The monoisotopic (exact) mass is 368 g/mol. The highest BCUT2D eigenvalue weighted by atomic mass is 79.9. The van der Waals surface area contributed by atoms with Gasteiger partial charge in [0.25, 0.3) is 0 Å². The van der Waals surface area contributed by atoms with Gasteiger partial charge in [-0.05, 0) is 47.0 Å². The molecule has 3 N–H and O–H groups in total. The van der Waals surface area contributed by atoms with Crippen LogP contribution in [0.15, 0.2) is 33.4 Å². The van der Waals surface area contributed by atoms with Gasteiger partial charge in [-0.3, -0.25) is 0 Å². The Hall–Kier alpha value is -1.86. The Morgan fingerprint density at radius 1 is 1.33 bits per heavy atom. The standard InChI is InChI=1S/C14H13BrN2O3S/c1-8-6-21-7-9(8)5-16-14(20)17-12-3-2-10(15)4-11(12)13(18)19/h2-4,6-7H,5H2,1H3,(H,18,19)(H2,16,17,20). The van der Waals surface area contributed by atoms with Crippen LogP contribution in [-0.2, 0) is 6.54 Å². The van der Waals surface area contributed by atoms with Crippen LogP contribution in [0, 0.1) is 6.92 Å². The van der Waals surface area contributed by atoms with Crippen molar-refractivity contribution < 1.29 is 14.7 Å². The van der Waals surface area contributed by atoms with Crippen molar-refractivity contribution in [3.05, 3.63) is 50.1 Å². The van der Waals surface area contributed by atoms with Gasteiger partial charge in [0, 0.05) is 11.0 Å². The van der Waals surface area contributed by atoms with Crippen molar-refractivity contribution in [2.75, 3.05) is 5.32 Å². The van der Waals surface area contributed by atoms with Gasteiger partial charge >= 0.3 is 12.0 Å². The van der Waals surface area contributed by atoms with Crippen molar-refractivity contribution >= 4 is 45.0 Å². The van der Waals surface area contributed by atoms with Gasteiger partial charge in [0.15, 0.2) is 0 Å². The van der Waals surface area contributed by atoms with Gasteiger partial charge in [-0.25, -0.2) is 9.59 Å². The minimum atomic E-state index is -1.10. The summed E-state index contributed by atoms with van der Waals surface area (Å²) in [4.78, 5) is 23.0. The Kier molecular flexibility index (Phi) is 4.98. The highest BCUT2D eigenvalue weighted by Crippen LogP contribution is 2.21. The number of nitrogens with one attached hydrogen (secondary N) is 2. The van der Waals surface area contributed by atoms with E-state index in [2.05, 4.69) is 26.6 Å². The number of rotatable bonds is 4. The molecule has 1 heterocycles. The zero-order chi connectivity index (χ0) is 15.4. The van der Waals surface area contributed by atoms with Crippen LogP contribution in [0.4, 0.5) is 10.5 Å². The second-order valence-corrected chi connectivity index (χ2v) is 6.04. The predicted molar refractivity (Wildman–Crippen MR) is 86.0 cm³/mol. The van der Waals surface area contributed by atoms with Crippen LogP contribution in [0.5, 0.6) is 0 Å². The molecule has 0 radical (unpaired) electrons. The molecule has 0 unspecified atom stereocenters. The first-order chi connectivity index (χ1) is 9.97. The van der Waals surface area contributed by atoms with Gasteiger partial charge in [-0.15, -0.1) is 0 Å². The molecule has 1 aromatic carbocycles. The molecule has 0 aliphatic rings. The molecule has 0 bridgehead atoms. The summed E-state index contributed by atoms with van der Waals surface area (Å²) in [5, 5.41) is 18.4. The average molecular weight is 369 g/mol. The number of hydrogen-bond acceptors (Lipinski definition) is 3. The summed E-state index contributed by atoms with van der Waals surface area (Å²) < 4.78 is 0.639. The zero-order valence-corrected chi connectivity index (χ0v) is 13.5. The molecule has 0 aliphatic heterocycles. The smallest absolute Gasteiger partial charge is 0.337 e. The number of urea groups is 1. The van der Waals surface area contributed by atoms with Crippen LogP contribution in [0.3, 0.4) is 0 Å². The number of aryl methyl sites for hydroxylation is 1. The first-order valence-electron chi connectivity index (χ1n) is 6.06. The second-order valence-electron chi connectivity index (χ2n) is 4.38. The molecule has 2 amide bonds. The number of carbonyl (C=O) groups is 2. The summed E-state index contributed by atoms with van der Waals surface area (Å²) in [6, 6.07) is 4.22. The zero-order valence-electron chi connectivity index (χ0n) is 11.1. The molecular weight excluding hydrogens is 356 g/mol. The van der Waals surface area contributed by atoms with Crippen LogP contribution in [0.2, 0.25) is 0 Å². The van der Waals surface area contributed by atoms with Crippen LogP contribution in [0.1, 0.15) is 21.5 Å². The predicted octanol–water partition coefficient (Wildman–Crippen LogP) is 3.84. The molecule has 2 aromatic rings. The number of aromatic carboxylic acids is 1. The molecule has 0 fully saturated rings. The van der Waals surface area contributed by atoms with Crippen LogP contribution < -0.4 is 10.6 Å². The number of carbonyl (C=O) groups excluding carboxylic acids is 1. The number of thiophene rings is 1. The van der Waals surface area contributed by atoms with Crippen LogP contribution >= 0.6 is 27.3 Å². The Balaban J connectivity index is 2.03. The molecule has 7 heteroatoms. The van der Waals surface area contributed by atoms with Gasteiger partial charge in [-0.2, -0.15) is 11.3 Å². The molecule has 110 valence electrons. The van der Waals surface area contributed by atoms with E-state index in [1.807, 2.05) is 17.7 Å². The molecule has 0 saturated carbocycles. The molecule has 0 saturated heterocycles. The Morgan fingerprint density at radius 2 is 2.10 bits per heavy atom. The highest BCUT2D eigenvalue weighted by Gasteiger charge is 2.13. The van der Waals surface area contributed by atoms with E-state index in [0.717, 1.165) is 11.1 Å². The van der Waals surface area contributed by atoms with Crippen LogP contribution in [-0.4, -0.2) is 17.1 Å². The third-order valence-electron chi connectivity index (χ3n) is 2.86. The average Bonchev–Trinajstić information content (AvgIpc) is 2.84. The third-order valence-corrected chi connectivity index (χ3v) is 4.26. The van der Waals surface area contributed by atoms with Gasteiger partial charge in [0.1, 0.15) is 0 Å². The normalized spacial score (nSPS) is 10.2. The van der Waals surface area contributed by atoms with Crippen LogP contribution in [0.25, 0.3) is 0 Å². The maximum absolute atomic E-state index is 11.9. The number of halogens is 1. The molecule has 0 spiro atoms. The lowest BCUT2D eigenvalue weighted by Crippen LogP contribution is -2.29. The van der Waals surface area contributed by atoms with E-state index in [-0.39, 0.29) is 11.3 Å². The molecule has 1 aromatic heterocycles. The summed E-state index contributed by atoms with van der Waals surface area (Å²) in [5.74, 6) is -1.10. The highest BCUT2D eigenvalue weighted by molar-refractivity contribution is 9.10. The lowest BCUT2D eigenvalue weighted by atomic mass is 10.2. The van der Waals surface area contributed by atoms with Crippen molar-refractivity contribution in [3.8, 4) is 0 Å². The van der Waals surface area contributed by atoms with Gasteiger partial charge in [-0.1, -0.05) is 15.9 Å². The van der Waals surface area contributed by atoms with E-state index in [9.17, 15) is 9.59 Å². The summed E-state index contributed by atoms with van der Waals surface area (Å²) >= 11 is 4.78. The molecule has 0 atom stereocenters. The topological polar surface area (TPSA) is 78.4 Å². The number of amides is 2. The van der Waals surface area contributed by atoms with E-state index in [0.29, 0.717) is 11.0 Å². The fourth-order valence-electron chi connectivity index (χ4n) is 1.71. The van der Waals surface area contributed by atoms with Crippen molar-refractivity contribution in [2.45, 2.75) is 13.5 Å². The molecule has 5 nitrogen and oxygen atoms in total. The van der Waals surface area contributed by atoms with E-state index in [1.54, 1.807) is 23.5 Å². The third kappa shape index (κ3) is 4.05. The van der Waals surface area contributed by atoms with Crippen molar-refractivity contribution in [1.82, 2.24) is 5.32 Å². The van der Waals surface area contributed by atoms with Crippen molar-refractivity contribution in [1.29, 1.82) is 0 Å². The van der Waals surface area contributed by atoms with Gasteiger partial charge < -0.3 is 15.7 Å². The summed E-state index contributed by atoms with van der Waals surface area (Å²) in [6.07, 6.45) is 0. The fraction of sp³-hybridized carbons (Fsp3) is 0.143. The van der Waals surface area contributed by atoms with Gasteiger partial charge in [0.2, 0.25) is 0 Å². The first kappa shape index (κ1) is 15.5. The van der Waals surface area contributed by atoms with Crippen molar-refractivity contribution in [2.24, 2.45) is 0 Å². The van der Waals surface area contributed by atoms with Gasteiger partial charge in [0.05, 0.1) is 11.3 Å². The van der Waals surface area contributed by atoms with E-state index in [1.165, 1.54) is 6.07 Å². The summed E-state index contributed by atoms with van der Waals surface area (Å²) in [7, 11) is 0. The molecular formula is C14H13BrN2O3S. The number of hydrogen-bond donors (Lipinski definition) is 3. The number of carboxylic acid groups (broad SMARTS) is 1. The van der Waals surface area contributed by atoms with E-state index in [4.69, 9.17) is 5.11 Å². The minimum Gasteiger partial charge on any atom is -0.478 e. The quantitative estimate of drug-likeness (QED) is 0.766. The molecule has 2 rings (SSSR count). The summed E-state index contributed by atoms with van der Waals surface area (Å²) in [5.41, 5.74) is 2.45. The van der Waals surface area contributed by atoms with Crippen molar-refractivity contribution in [3.63, 3.8) is 0 Å². The summed E-state index contributed by atoms with van der Waals surface area (Å²) in [6.45, 7) is 2.38. The first-order valence-corrected chi connectivity index (χ1v) is 7.80. The number of carboxylic acids is 1.